The van der Waals surface area contributed by atoms with Gasteiger partial charge in [0.25, 0.3) is 0 Å². The predicted molar refractivity (Wildman–Crippen MR) is 68.9 cm³/mol. The molecular formula is C15H18O2. The van der Waals surface area contributed by atoms with Gasteiger partial charge in [-0.3, -0.25) is 4.79 Å². The van der Waals surface area contributed by atoms with Gasteiger partial charge in [0.2, 0.25) is 0 Å². The summed E-state index contributed by atoms with van der Waals surface area (Å²) in [6, 6.07) is 9.78. The van der Waals surface area contributed by atoms with E-state index in [1.165, 1.54) is 0 Å². The lowest BCUT2D eigenvalue weighted by atomic mass is 9.70. The highest BCUT2D eigenvalue weighted by atomic mass is 16.1. The van der Waals surface area contributed by atoms with Crippen molar-refractivity contribution in [3.8, 4) is 0 Å². The van der Waals surface area contributed by atoms with Crippen molar-refractivity contribution in [1.82, 2.24) is 0 Å². The van der Waals surface area contributed by atoms with Crippen molar-refractivity contribution in [2.24, 2.45) is 0 Å². The molecule has 90 valence electrons. The van der Waals surface area contributed by atoms with Crippen molar-refractivity contribution in [3.05, 3.63) is 49.1 Å². The number of hydrogen-bond acceptors (Lipinski definition) is 2. The molecule has 0 saturated heterocycles. The first-order valence-electron chi connectivity index (χ1n) is 5.80. The van der Waals surface area contributed by atoms with Crippen LogP contribution in [0.25, 0.3) is 0 Å². The molecule has 1 aliphatic rings. The van der Waals surface area contributed by atoms with E-state index >= 15 is 0 Å². The van der Waals surface area contributed by atoms with Gasteiger partial charge in [-0.1, -0.05) is 30.3 Å². The van der Waals surface area contributed by atoms with Crippen molar-refractivity contribution in [2.45, 2.75) is 31.1 Å². The van der Waals surface area contributed by atoms with Crippen LogP contribution in [0.15, 0.2) is 43.5 Å². The van der Waals surface area contributed by atoms with E-state index in [4.69, 9.17) is 0 Å². The quantitative estimate of drug-likeness (QED) is 0.578. The van der Waals surface area contributed by atoms with Crippen molar-refractivity contribution in [2.75, 3.05) is 0 Å². The smallest absolute Gasteiger partial charge is 0.133 e. The molecule has 0 amide bonds. The molecule has 0 radical (unpaired) electrons. The van der Waals surface area contributed by atoms with Crippen molar-refractivity contribution >= 4 is 12.1 Å². The Hall–Kier alpha value is -1.70. The van der Waals surface area contributed by atoms with Gasteiger partial charge in [0.1, 0.15) is 12.1 Å². The van der Waals surface area contributed by atoms with Gasteiger partial charge in [-0.15, -0.1) is 13.2 Å². The van der Waals surface area contributed by atoms with Crippen molar-refractivity contribution in [1.29, 1.82) is 0 Å². The Morgan fingerprint density at radius 3 is 2.06 bits per heavy atom. The topological polar surface area (TPSA) is 34.1 Å². The molecule has 1 saturated carbocycles. The first-order valence-corrected chi connectivity index (χ1v) is 5.80. The Kier molecular flexibility index (Phi) is 4.83. The maximum absolute atomic E-state index is 11.3. The maximum Gasteiger partial charge on any atom is 0.133 e. The van der Waals surface area contributed by atoms with Gasteiger partial charge in [0, 0.05) is 12.8 Å². The molecule has 1 fully saturated rings. The molecule has 0 N–H and O–H groups in total. The molecule has 2 rings (SSSR count). The number of hydrogen-bond donors (Lipinski definition) is 0. The van der Waals surface area contributed by atoms with E-state index in [1.54, 1.807) is 0 Å². The van der Waals surface area contributed by atoms with E-state index in [2.05, 4.69) is 13.2 Å². The normalized spacial score (nSPS) is 17.8. The number of aldehydes is 1. The maximum atomic E-state index is 11.3. The summed E-state index contributed by atoms with van der Waals surface area (Å²) in [7, 11) is 0. The van der Waals surface area contributed by atoms with Crippen LogP contribution in [0, 0.1) is 0 Å². The number of rotatable bonds is 2. The predicted octanol–water partition coefficient (Wildman–Crippen LogP) is 3.07. The Bertz CT molecular complexity index is 371. The van der Waals surface area contributed by atoms with Crippen LogP contribution in [-0.4, -0.2) is 12.1 Å². The molecule has 17 heavy (non-hydrogen) atoms. The van der Waals surface area contributed by atoms with Gasteiger partial charge in [-0.2, -0.15) is 0 Å². The van der Waals surface area contributed by atoms with Gasteiger partial charge < -0.3 is 4.79 Å². The second kappa shape index (κ2) is 6.14. The molecule has 0 spiro atoms. The lowest BCUT2D eigenvalue weighted by Crippen LogP contribution is -2.33. The Balaban J connectivity index is 0.000000686. The highest BCUT2D eigenvalue weighted by Gasteiger charge is 2.35. The van der Waals surface area contributed by atoms with Crippen LogP contribution < -0.4 is 0 Å². The summed E-state index contributed by atoms with van der Waals surface area (Å²) >= 11 is 0. The summed E-state index contributed by atoms with van der Waals surface area (Å²) in [5.74, 6) is 0.281. The number of benzene rings is 1. The van der Waals surface area contributed by atoms with Crippen molar-refractivity contribution in [3.63, 3.8) is 0 Å². The SMILES string of the molecule is C=C.O=CC1(c2ccccc2)CCC(=O)CC1. The Labute approximate surface area is 102 Å². The van der Waals surface area contributed by atoms with Gasteiger partial charge in [0.15, 0.2) is 0 Å². The van der Waals surface area contributed by atoms with Crippen molar-refractivity contribution < 1.29 is 9.59 Å². The van der Waals surface area contributed by atoms with E-state index in [1.807, 2.05) is 30.3 Å². The molecular weight excluding hydrogens is 212 g/mol. The van der Waals surface area contributed by atoms with Crippen LogP contribution in [0.3, 0.4) is 0 Å². The molecule has 0 aromatic heterocycles. The highest BCUT2D eigenvalue weighted by Crippen LogP contribution is 2.36. The van der Waals surface area contributed by atoms with Gasteiger partial charge in [0.05, 0.1) is 5.41 Å². The summed E-state index contributed by atoms with van der Waals surface area (Å²) in [4.78, 5) is 22.5. The van der Waals surface area contributed by atoms with Crippen LogP contribution in [-0.2, 0) is 15.0 Å². The van der Waals surface area contributed by atoms with E-state index in [-0.39, 0.29) is 5.78 Å². The third-order valence-corrected chi connectivity index (χ3v) is 3.27. The van der Waals surface area contributed by atoms with Crippen LogP contribution in [0.4, 0.5) is 0 Å². The zero-order valence-electron chi connectivity index (χ0n) is 10.0. The first kappa shape index (κ1) is 13.4. The van der Waals surface area contributed by atoms with Crippen LogP contribution >= 0.6 is 0 Å². The van der Waals surface area contributed by atoms with Gasteiger partial charge in [-0.05, 0) is 18.4 Å². The molecule has 1 aromatic carbocycles. The average Bonchev–Trinajstić information content (AvgIpc) is 2.43. The molecule has 1 aromatic rings. The van der Waals surface area contributed by atoms with E-state index < -0.39 is 5.41 Å². The molecule has 0 atom stereocenters. The Morgan fingerprint density at radius 1 is 1.06 bits per heavy atom. The molecule has 0 unspecified atom stereocenters. The average molecular weight is 230 g/mol. The van der Waals surface area contributed by atoms with Gasteiger partial charge in [-0.25, -0.2) is 0 Å². The molecule has 0 aliphatic heterocycles. The minimum Gasteiger partial charge on any atom is -0.302 e. The third-order valence-electron chi connectivity index (χ3n) is 3.27. The monoisotopic (exact) mass is 230 g/mol. The second-order valence-corrected chi connectivity index (χ2v) is 4.18. The number of carbonyl (C=O) groups is 2. The Morgan fingerprint density at radius 2 is 1.59 bits per heavy atom. The molecule has 1 aliphatic carbocycles. The zero-order valence-corrected chi connectivity index (χ0v) is 10.0. The number of Topliss-reactive ketones (excluding diaryl/α,β-unsaturated/α-hetero) is 1. The summed E-state index contributed by atoms with van der Waals surface area (Å²) in [6.45, 7) is 6.00. The zero-order chi connectivity index (χ0) is 12.7. The standard InChI is InChI=1S/C13H14O2.C2H4/c14-10-13(8-6-12(15)7-9-13)11-4-2-1-3-5-11;1-2/h1-5,10H,6-9H2;1-2H2. The molecule has 2 heteroatoms. The fourth-order valence-electron chi connectivity index (χ4n) is 2.22. The molecule has 2 nitrogen and oxygen atoms in total. The first-order chi connectivity index (χ1) is 8.27. The lowest BCUT2D eigenvalue weighted by molar-refractivity contribution is -0.123. The molecule has 0 bridgehead atoms. The minimum atomic E-state index is -0.408. The van der Waals surface area contributed by atoms with Gasteiger partial charge >= 0.3 is 0 Å². The van der Waals surface area contributed by atoms with E-state index in [0.717, 1.165) is 11.8 Å². The second-order valence-electron chi connectivity index (χ2n) is 4.18. The van der Waals surface area contributed by atoms with Crippen LogP contribution in [0.2, 0.25) is 0 Å². The minimum absolute atomic E-state index is 0.281. The summed E-state index contributed by atoms with van der Waals surface area (Å²) in [6.07, 6.45) is 3.43. The van der Waals surface area contributed by atoms with Crippen LogP contribution in [0.5, 0.6) is 0 Å². The summed E-state index contributed by atoms with van der Waals surface area (Å²) in [5.41, 5.74) is 0.641. The fraction of sp³-hybridized carbons (Fsp3) is 0.333. The lowest BCUT2D eigenvalue weighted by Gasteiger charge is -2.31. The third kappa shape index (κ3) is 2.90. The highest BCUT2D eigenvalue weighted by molar-refractivity contribution is 5.83. The number of ketones is 1. The van der Waals surface area contributed by atoms with E-state index in [0.29, 0.717) is 25.7 Å². The summed E-state index contributed by atoms with van der Waals surface area (Å²) in [5, 5.41) is 0. The largest absolute Gasteiger partial charge is 0.302 e. The van der Waals surface area contributed by atoms with E-state index in [9.17, 15) is 9.59 Å². The number of carbonyl (C=O) groups excluding carboxylic acids is 2. The fourth-order valence-corrected chi connectivity index (χ4v) is 2.22. The molecule has 0 heterocycles. The summed E-state index contributed by atoms with van der Waals surface area (Å²) < 4.78 is 0. The van der Waals surface area contributed by atoms with Crippen LogP contribution in [0.1, 0.15) is 31.2 Å².